The van der Waals surface area contributed by atoms with E-state index in [1.165, 1.54) is 57.9 Å². The number of rotatable bonds is 36. The van der Waals surface area contributed by atoms with Crippen LogP contribution in [0.5, 0.6) is 5.75 Å². The van der Waals surface area contributed by atoms with Crippen LogP contribution in [0.1, 0.15) is 152 Å². The van der Waals surface area contributed by atoms with Gasteiger partial charge in [0.2, 0.25) is 17.7 Å². The van der Waals surface area contributed by atoms with Crippen LogP contribution in [-0.4, -0.2) is 115 Å². The molecule has 0 aliphatic carbocycles. The van der Waals surface area contributed by atoms with E-state index in [1.807, 2.05) is 19.9 Å². The van der Waals surface area contributed by atoms with Crippen LogP contribution >= 0.6 is 23.5 Å². The third-order valence-corrected chi connectivity index (χ3v) is 13.5. The van der Waals surface area contributed by atoms with E-state index in [9.17, 15) is 48.9 Å². The molecule has 1 aromatic carbocycles. The second-order valence-corrected chi connectivity index (χ2v) is 22.3. The third kappa shape index (κ3) is 34.4. The van der Waals surface area contributed by atoms with Crippen molar-refractivity contribution < 1.29 is 58.7 Å². The Hall–Kier alpha value is -5.75. The monoisotopic (exact) mass is 1080 g/mol. The highest BCUT2D eigenvalue weighted by molar-refractivity contribution is 7.99. The minimum atomic E-state index is -1.30. The van der Waals surface area contributed by atoms with E-state index < -0.39 is 72.0 Å². The Labute approximate surface area is 454 Å². The van der Waals surface area contributed by atoms with Crippen LogP contribution < -0.4 is 21.3 Å². The number of carbonyl (C=O) groups excluding carboxylic acids is 4. The molecular formula is C57H86N4O12S2. The molecule has 4 amide bonds. The van der Waals surface area contributed by atoms with Gasteiger partial charge in [-0.2, -0.15) is 23.5 Å². The van der Waals surface area contributed by atoms with Crippen molar-refractivity contribution in [3.63, 3.8) is 0 Å². The Bertz CT molecular complexity index is 2200. The molecule has 0 aliphatic rings. The number of phenolic OH excluding ortho intramolecular Hbond substituents is 1. The molecule has 0 bridgehead atoms. The molecule has 0 radical (unpaired) electrons. The predicted octanol–water partition coefficient (Wildman–Crippen LogP) is 10.4. The summed E-state index contributed by atoms with van der Waals surface area (Å²) < 4.78 is 5.18. The Balaban J connectivity index is 2.69. The van der Waals surface area contributed by atoms with Crippen molar-refractivity contribution in [1.82, 2.24) is 21.3 Å². The predicted molar refractivity (Wildman–Crippen MR) is 302 cm³/mol. The maximum atomic E-state index is 13.6. The van der Waals surface area contributed by atoms with Crippen molar-refractivity contribution >= 4 is 65.2 Å². The smallest absolute Gasteiger partial charge is 0.408 e. The number of ether oxygens (including phenoxy) is 1. The van der Waals surface area contributed by atoms with Gasteiger partial charge in [0.25, 0.3) is 0 Å². The fourth-order valence-corrected chi connectivity index (χ4v) is 9.05. The summed E-state index contributed by atoms with van der Waals surface area (Å²) in [6, 6.07) is 1.51. The molecule has 0 spiro atoms. The summed E-state index contributed by atoms with van der Waals surface area (Å²) in [5.41, 5.74) is 7.05. The van der Waals surface area contributed by atoms with Crippen molar-refractivity contribution in [3.8, 4) is 5.75 Å². The Morgan fingerprint density at radius 3 is 1.39 bits per heavy atom. The quantitative estimate of drug-likeness (QED) is 0.0230. The summed E-state index contributed by atoms with van der Waals surface area (Å²) in [5.74, 6) is -4.03. The zero-order valence-electron chi connectivity index (χ0n) is 46.0. The molecule has 0 saturated carbocycles. The lowest BCUT2D eigenvalue weighted by Gasteiger charge is -2.24. The van der Waals surface area contributed by atoms with Crippen molar-refractivity contribution in [2.45, 2.75) is 182 Å². The number of benzene rings is 1. The van der Waals surface area contributed by atoms with Gasteiger partial charge in [0.05, 0.1) is 0 Å². The fraction of sp³-hybridized carbons (Fsp3) is 0.561. The molecule has 8 N–H and O–H groups in total. The van der Waals surface area contributed by atoms with E-state index >= 15 is 0 Å². The molecule has 16 nitrogen and oxygen atoms in total. The van der Waals surface area contributed by atoms with Crippen molar-refractivity contribution in [2.24, 2.45) is 0 Å². The number of carboxylic acid groups (broad SMARTS) is 3. The fourth-order valence-electron chi connectivity index (χ4n) is 7.05. The summed E-state index contributed by atoms with van der Waals surface area (Å²) in [6.07, 6.45) is 19.1. The molecule has 75 heavy (non-hydrogen) atoms. The molecule has 18 heteroatoms. The number of carbonyl (C=O) groups is 7. The average molecular weight is 1080 g/mol. The summed E-state index contributed by atoms with van der Waals surface area (Å²) in [5, 5.41) is 48.9. The summed E-state index contributed by atoms with van der Waals surface area (Å²) >= 11 is 2.72. The zero-order chi connectivity index (χ0) is 56.5. The van der Waals surface area contributed by atoms with Gasteiger partial charge in [-0.05, 0) is 151 Å². The number of thioether (sulfide) groups is 2. The van der Waals surface area contributed by atoms with Crippen LogP contribution in [0.4, 0.5) is 4.79 Å². The van der Waals surface area contributed by atoms with Crippen molar-refractivity contribution in [1.29, 1.82) is 0 Å². The largest absolute Gasteiger partial charge is 0.508 e. The first-order valence-corrected chi connectivity index (χ1v) is 28.0. The maximum Gasteiger partial charge on any atom is 0.408 e. The summed E-state index contributed by atoms with van der Waals surface area (Å²) in [6.45, 7) is 19.3. The van der Waals surface area contributed by atoms with E-state index in [2.05, 4.69) is 86.3 Å². The number of hydrogen-bond donors (Lipinski definition) is 8. The van der Waals surface area contributed by atoms with E-state index in [1.54, 1.807) is 32.9 Å². The standard InChI is InChI=1S/C57H86N4O12S2/c1-38(2)15-11-16-39(3)18-13-21-42(6)32-34-75-37-49(55(70)71)60-53(67)47(35-44-24-26-45(62)27-25-44)58-50(63)29-23-41(5)20-12-17-40(4)19-14-22-43(7)31-33-74-36-48(54(68)69)59-52(66)46(28-30-51(64)65)61-56(72)73-57(8,9)10/h15,18-20,24-27,31-32,46-49,62H,11-14,16-17,21-23,28-30,33-37H2,1-10H3,(H,58,63)(H,59,66)(H,60,67)(H,61,72)(H,64,65)(H,68,69)(H,70,71). The molecule has 4 unspecified atom stereocenters. The SMILES string of the molecule is CC(C)=CCCC(C)=CCCC(C)=CCSCC(NC(=O)C(Cc1ccc(O)cc1)NC(=O)CCC(C)=CCCC(C)=CCCC(C)=CCSCC(NC(=O)C(CCC(=O)O)NC(=O)OC(C)(C)C)C(=O)O)C(=O)O. The Morgan fingerprint density at radius 1 is 0.533 bits per heavy atom. The molecule has 418 valence electrons. The van der Waals surface area contributed by atoms with E-state index in [0.717, 1.165) is 62.5 Å². The molecule has 1 rings (SSSR count). The van der Waals surface area contributed by atoms with Crippen LogP contribution in [0.2, 0.25) is 0 Å². The Morgan fingerprint density at radius 2 is 0.960 bits per heavy atom. The van der Waals surface area contributed by atoms with E-state index in [-0.39, 0.29) is 42.4 Å². The summed E-state index contributed by atoms with van der Waals surface area (Å²) in [7, 11) is 0. The van der Waals surface area contributed by atoms with Gasteiger partial charge < -0.3 is 46.4 Å². The molecule has 0 heterocycles. The molecular weight excluding hydrogens is 997 g/mol. The Kier molecular flexibility index (Phi) is 33.2. The molecule has 1 aromatic rings. The van der Waals surface area contributed by atoms with Crippen LogP contribution in [0.15, 0.2) is 94.2 Å². The van der Waals surface area contributed by atoms with Gasteiger partial charge in [0, 0.05) is 42.3 Å². The van der Waals surface area contributed by atoms with E-state index in [0.29, 0.717) is 23.5 Å². The van der Waals surface area contributed by atoms with Gasteiger partial charge in [-0.1, -0.05) is 82.0 Å². The molecule has 0 fully saturated rings. The highest BCUT2D eigenvalue weighted by Crippen LogP contribution is 2.18. The lowest BCUT2D eigenvalue weighted by Crippen LogP contribution is -2.53. The highest BCUT2D eigenvalue weighted by atomic mass is 32.2. The van der Waals surface area contributed by atoms with Crippen LogP contribution in [0.3, 0.4) is 0 Å². The highest BCUT2D eigenvalue weighted by Gasteiger charge is 2.30. The minimum absolute atomic E-state index is 0.0438. The van der Waals surface area contributed by atoms with Gasteiger partial charge in [-0.25, -0.2) is 14.4 Å². The van der Waals surface area contributed by atoms with Crippen molar-refractivity contribution in [2.75, 3.05) is 23.0 Å². The zero-order valence-corrected chi connectivity index (χ0v) is 47.6. The topological polar surface area (TPSA) is 258 Å². The summed E-state index contributed by atoms with van der Waals surface area (Å²) in [4.78, 5) is 87.5. The molecule has 0 saturated heterocycles. The minimum Gasteiger partial charge on any atom is -0.508 e. The number of alkyl carbamates (subject to hydrolysis) is 1. The van der Waals surface area contributed by atoms with Gasteiger partial charge in [0.1, 0.15) is 35.5 Å². The molecule has 0 aliphatic heterocycles. The number of allylic oxidation sites excluding steroid dienone is 10. The van der Waals surface area contributed by atoms with Crippen molar-refractivity contribution in [3.05, 3.63) is 99.7 Å². The van der Waals surface area contributed by atoms with Crippen LogP contribution in [0.25, 0.3) is 0 Å². The number of amides is 4. The number of phenols is 1. The van der Waals surface area contributed by atoms with Gasteiger partial charge in [0.15, 0.2) is 0 Å². The third-order valence-electron chi connectivity index (χ3n) is 11.5. The average Bonchev–Trinajstić information content (AvgIpc) is 3.31. The van der Waals surface area contributed by atoms with Crippen LogP contribution in [0, 0.1) is 0 Å². The first-order valence-electron chi connectivity index (χ1n) is 25.7. The second kappa shape index (κ2) is 37.1. The lowest BCUT2D eigenvalue weighted by atomic mass is 10.0. The number of hydrogen-bond acceptors (Lipinski definition) is 11. The number of nitrogens with one attached hydrogen (secondary N) is 4. The second-order valence-electron chi connectivity index (χ2n) is 20.2. The van der Waals surface area contributed by atoms with E-state index in [4.69, 9.17) is 9.84 Å². The first-order chi connectivity index (χ1) is 35.2. The first kappa shape index (κ1) is 67.3. The maximum absolute atomic E-state index is 13.6. The number of aliphatic carboxylic acids is 3. The van der Waals surface area contributed by atoms with Gasteiger partial charge in [-0.3, -0.25) is 19.2 Å². The molecule has 0 aromatic heterocycles. The van der Waals surface area contributed by atoms with Gasteiger partial charge >= 0.3 is 24.0 Å². The normalized spacial score (nSPS) is 14.2. The van der Waals surface area contributed by atoms with Crippen LogP contribution in [-0.2, 0) is 39.9 Å². The number of aromatic hydroxyl groups is 1. The van der Waals surface area contributed by atoms with Gasteiger partial charge in [-0.15, -0.1) is 0 Å². The lowest BCUT2D eigenvalue weighted by molar-refractivity contribution is -0.142. The molecule has 4 atom stereocenters. The number of carboxylic acids is 3.